The SMILES string of the molecule is C[C@H](Sc1nnc(C(F)(F)F)n1C)C(=O)NC(N)=O. The van der Waals surface area contributed by atoms with E-state index in [4.69, 9.17) is 5.73 Å². The first-order valence-corrected chi connectivity index (χ1v) is 5.74. The van der Waals surface area contributed by atoms with Gasteiger partial charge in [0.1, 0.15) is 0 Å². The number of hydrogen-bond acceptors (Lipinski definition) is 5. The molecule has 1 aromatic rings. The van der Waals surface area contributed by atoms with Gasteiger partial charge in [0.15, 0.2) is 5.16 Å². The normalized spacial score (nSPS) is 13.1. The zero-order valence-electron chi connectivity index (χ0n) is 9.85. The van der Waals surface area contributed by atoms with Gasteiger partial charge in [0.05, 0.1) is 5.25 Å². The molecule has 19 heavy (non-hydrogen) atoms. The zero-order chi connectivity index (χ0) is 14.8. The van der Waals surface area contributed by atoms with Crippen LogP contribution in [-0.2, 0) is 18.0 Å². The van der Waals surface area contributed by atoms with Gasteiger partial charge in [0.2, 0.25) is 11.7 Å². The highest BCUT2D eigenvalue weighted by Gasteiger charge is 2.37. The highest BCUT2D eigenvalue weighted by Crippen LogP contribution is 2.30. The molecule has 7 nitrogen and oxygen atoms in total. The number of amides is 3. The molecule has 0 bridgehead atoms. The summed E-state index contributed by atoms with van der Waals surface area (Å²) in [6.45, 7) is 1.39. The third kappa shape index (κ3) is 3.84. The van der Waals surface area contributed by atoms with Gasteiger partial charge in [0, 0.05) is 7.05 Å². The van der Waals surface area contributed by atoms with Crippen molar-refractivity contribution >= 4 is 23.7 Å². The number of nitrogens with zero attached hydrogens (tertiary/aromatic N) is 3. The predicted octanol–water partition coefficient (Wildman–Crippen LogP) is 0.509. The van der Waals surface area contributed by atoms with Gasteiger partial charge >= 0.3 is 12.2 Å². The van der Waals surface area contributed by atoms with Crippen LogP contribution in [0.15, 0.2) is 5.16 Å². The van der Waals surface area contributed by atoms with Gasteiger partial charge in [-0.05, 0) is 6.92 Å². The highest BCUT2D eigenvalue weighted by molar-refractivity contribution is 8.00. The second-order valence-corrected chi connectivity index (χ2v) is 4.78. The Morgan fingerprint density at radius 2 is 2.00 bits per heavy atom. The first-order chi connectivity index (χ1) is 8.62. The van der Waals surface area contributed by atoms with Crippen molar-refractivity contribution in [2.24, 2.45) is 12.8 Å². The summed E-state index contributed by atoms with van der Waals surface area (Å²) in [6, 6.07) is -1.04. The van der Waals surface area contributed by atoms with Gasteiger partial charge in [-0.1, -0.05) is 11.8 Å². The molecule has 1 rings (SSSR count). The fourth-order valence-corrected chi connectivity index (χ4v) is 1.91. The lowest BCUT2D eigenvalue weighted by molar-refractivity contribution is -0.147. The zero-order valence-corrected chi connectivity index (χ0v) is 10.7. The molecule has 0 spiro atoms. The number of primary amides is 1. The van der Waals surface area contributed by atoms with E-state index in [1.54, 1.807) is 0 Å². The first kappa shape index (κ1) is 15.3. The van der Waals surface area contributed by atoms with Crippen molar-refractivity contribution < 1.29 is 22.8 Å². The summed E-state index contributed by atoms with van der Waals surface area (Å²) in [4.78, 5) is 21.8. The Bertz CT molecular complexity index is 501. The largest absolute Gasteiger partial charge is 0.451 e. The number of aromatic nitrogens is 3. The number of carbonyl (C=O) groups is 2. The molecule has 0 radical (unpaired) electrons. The molecule has 0 saturated heterocycles. The molecule has 0 saturated carbocycles. The van der Waals surface area contributed by atoms with Gasteiger partial charge in [-0.2, -0.15) is 13.2 Å². The van der Waals surface area contributed by atoms with Crippen molar-refractivity contribution in [2.75, 3.05) is 0 Å². The minimum absolute atomic E-state index is 0.0977. The lowest BCUT2D eigenvalue weighted by Gasteiger charge is -2.10. The molecule has 1 aromatic heterocycles. The molecule has 0 unspecified atom stereocenters. The van der Waals surface area contributed by atoms with Gasteiger partial charge in [-0.3, -0.25) is 10.1 Å². The van der Waals surface area contributed by atoms with Crippen LogP contribution in [-0.4, -0.2) is 32.0 Å². The van der Waals surface area contributed by atoms with Crippen LogP contribution in [0.4, 0.5) is 18.0 Å². The van der Waals surface area contributed by atoms with Gasteiger partial charge in [-0.15, -0.1) is 10.2 Å². The number of nitrogens with one attached hydrogen (secondary N) is 1. The fraction of sp³-hybridized carbons (Fsp3) is 0.500. The van der Waals surface area contributed by atoms with Crippen LogP contribution < -0.4 is 11.1 Å². The summed E-state index contributed by atoms with van der Waals surface area (Å²) in [7, 11) is 1.13. The van der Waals surface area contributed by atoms with E-state index in [9.17, 15) is 22.8 Å². The minimum atomic E-state index is -4.63. The Labute approximate surface area is 109 Å². The molecule has 0 fully saturated rings. The molecular formula is C8H10F3N5O2S. The molecule has 0 aliphatic heterocycles. The Hall–Kier alpha value is -1.78. The number of thioether (sulfide) groups is 1. The second-order valence-electron chi connectivity index (χ2n) is 3.48. The third-order valence-electron chi connectivity index (χ3n) is 1.99. The molecule has 3 amide bonds. The Morgan fingerprint density at radius 3 is 2.42 bits per heavy atom. The van der Waals surface area contributed by atoms with E-state index in [0.717, 1.165) is 23.4 Å². The van der Waals surface area contributed by atoms with Gasteiger partial charge in [0.25, 0.3) is 0 Å². The Kier molecular flexibility index (Phi) is 4.39. The number of hydrogen-bond donors (Lipinski definition) is 2. The molecule has 0 aliphatic carbocycles. The quantitative estimate of drug-likeness (QED) is 0.791. The van der Waals surface area contributed by atoms with E-state index in [0.29, 0.717) is 0 Å². The van der Waals surface area contributed by atoms with Crippen LogP contribution in [0.25, 0.3) is 0 Å². The predicted molar refractivity (Wildman–Crippen MR) is 59.1 cm³/mol. The number of halogens is 3. The first-order valence-electron chi connectivity index (χ1n) is 4.86. The summed E-state index contributed by atoms with van der Waals surface area (Å²) in [5.41, 5.74) is 4.75. The van der Waals surface area contributed by atoms with E-state index in [1.165, 1.54) is 6.92 Å². The third-order valence-corrected chi connectivity index (χ3v) is 3.12. The topological polar surface area (TPSA) is 103 Å². The van der Waals surface area contributed by atoms with Crippen molar-refractivity contribution in [3.05, 3.63) is 5.82 Å². The summed E-state index contributed by atoms with van der Waals surface area (Å²) >= 11 is 0.727. The molecule has 0 aliphatic rings. The molecule has 0 aromatic carbocycles. The summed E-state index contributed by atoms with van der Waals surface area (Å²) < 4.78 is 38.1. The molecule has 3 N–H and O–H groups in total. The maximum atomic E-state index is 12.5. The lowest BCUT2D eigenvalue weighted by Crippen LogP contribution is -2.39. The van der Waals surface area contributed by atoms with Crippen LogP contribution in [0.1, 0.15) is 12.7 Å². The summed E-state index contributed by atoms with van der Waals surface area (Å²) in [5.74, 6) is -1.90. The average Bonchev–Trinajstić information content (AvgIpc) is 2.58. The number of imide groups is 1. The second kappa shape index (κ2) is 5.47. The fourth-order valence-electron chi connectivity index (χ4n) is 1.10. The van der Waals surface area contributed by atoms with Crippen molar-refractivity contribution in [3.8, 4) is 0 Å². The Morgan fingerprint density at radius 1 is 1.42 bits per heavy atom. The molecule has 11 heteroatoms. The van der Waals surface area contributed by atoms with Crippen LogP contribution in [0, 0.1) is 0 Å². The van der Waals surface area contributed by atoms with E-state index < -0.39 is 29.2 Å². The minimum Gasteiger partial charge on any atom is -0.351 e. The molecule has 1 atom stereocenters. The van der Waals surface area contributed by atoms with E-state index in [2.05, 4.69) is 10.2 Å². The summed E-state index contributed by atoms with van der Waals surface area (Å²) in [6.07, 6.45) is -4.63. The lowest BCUT2D eigenvalue weighted by atomic mass is 10.4. The van der Waals surface area contributed by atoms with E-state index in [-0.39, 0.29) is 5.16 Å². The number of carbonyl (C=O) groups excluding carboxylic acids is 2. The summed E-state index contributed by atoms with van der Waals surface area (Å²) in [5, 5.41) is 7.22. The maximum absolute atomic E-state index is 12.5. The number of alkyl halides is 3. The van der Waals surface area contributed by atoms with Gasteiger partial charge in [-0.25, -0.2) is 4.79 Å². The standard InChI is InChI=1S/C8H10F3N5O2S/c1-3(4(17)13-6(12)18)19-7-15-14-5(16(7)2)8(9,10)11/h3H,1-2H3,(H3,12,13,17,18)/t3-/m0/s1. The average molecular weight is 297 g/mol. The van der Waals surface area contributed by atoms with Crippen molar-refractivity contribution in [2.45, 2.75) is 23.5 Å². The maximum Gasteiger partial charge on any atom is 0.451 e. The highest BCUT2D eigenvalue weighted by atomic mass is 32.2. The van der Waals surface area contributed by atoms with Crippen LogP contribution >= 0.6 is 11.8 Å². The number of nitrogens with two attached hydrogens (primary N) is 1. The molecule has 106 valence electrons. The monoisotopic (exact) mass is 297 g/mol. The van der Waals surface area contributed by atoms with Crippen molar-refractivity contribution in [1.82, 2.24) is 20.1 Å². The van der Waals surface area contributed by atoms with E-state index >= 15 is 0 Å². The Balaban J connectivity index is 2.81. The smallest absolute Gasteiger partial charge is 0.351 e. The van der Waals surface area contributed by atoms with Crippen molar-refractivity contribution in [3.63, 3.8) is 0 Å². The van der Waals surface area contributed by atoms with Crippen LogP contribution in [0.5, 0.6) is 0 Å². The number of urea groups is 1. The van der Waals surface area contributed by atoms with Crippen molar-refractivity contribution in [1.29, 1.82) is 0 Å². The molecular weight excluding hydrogens is 287 g/mol. The van der Waals surface area contributed by atoms with E-state index in [1.807, 2.05) is 5.32 Å². The van der Waals surface area contributed by atoms with Crippen LogP contribution in [0.2, 0.25) is 0 Å². The molecule has 1 heterocycles. The van der Waals surface area contributed by atoms with Gasteiger partial charge < -0.3 is 10.3 Å². The van der Waals surface area contributed by atoms with Crippen LogP contribution in [0.3, 0.4) is 0 Å². The number of rotatable bonds is 3.